The van der Waals surface area contributed by atoms with E-state index in [1.165, 1.54) is 22.7 Å². The topological polar surface area (TPSA) is 0 Å². The third kappa shape index (κ3) is 2.96. The summed E-state index contributed by atoms with van der Waals surface area (Å²) >= 11 is 2.78. The molecule has 0 aliphatic carbocycles. The van der Waals surface area contributed by atoms with E-state index in [2.05, 4.69) is 27.7 Å². The van der Waals surface area contributed by atoms with Crippen molar-refractivity contribution in [2.75, 3.05) is 0 Å². The molecule has 0 fully saturated rings. The van der Waals surface area contributed by atoms with E-state index >= 15 is 0 Å². The summed E-state index contributed by atoms with van der Waals surface area (Å²) in [7, 11) is 0. The Morgan fingerprint density at radius 2 is 1.20 bits per heavy atom. The molecule has 0 N–H and O–H groups in total. The molecule has 2 atom stereocenters. The summed E-state index contributed by atoms with van der Waals surface area (Å²) in [5, 5.41) is 0. The maximum Gasteiger partial charge on any atom is 0.143 e. The second-order valence-corrected chi connectivity index (χ2v) is 7.44. The van der Waals surface area contributed by atoms with E-state index in [1.54, 1.807) is 12.1 Å². The molecule has 0 nitrogen and oxygen atoms in total. The molecule has 2 aromatic heterocycles. The van der Waals surface area contributed by atoms with E-state index < -0.39 is 0 Å². The van der Waals surface area contributed by atoms with Gasteiger partial charge in [0.15, 0.2) is 0 Å². The highest BCUT2D eigenvalue weighted by atomic mass is 32.1. The first-order chi connectivity index (χ1) is 9.47. The Morgan fingerprint density at radius 1 is 0.850 bits per heavy atom. The van der Waals surface area contributed by atoms with Crippen LogP contribution in [0.25, 0.3) is 9.75 Å². The Labute approximate surface area is 127 Å². The lowest BCUT2D eigenvalue weighted by Crippen LogP contribution is -1.84. The van der Waals surface area contributed by atoms with Gasteiger partial charge < -0.3 is 0 Å². The summed E-state index contributed by atoms with van der Waals surface area (Å²) < 4.78 is 28.2. The average Bonchev–Trinajstić information content (AvgIpc) is 3.00. The third-order valence-corrected chi connectivity index (χ3v) is 6.66. The lowest BCUT2D eigenvalue weighted by atomic mass is 10.1. The molecule has 2 heterocycles. The zero-order valence-electron chi connectivity index (χ0n) is 12.3. The fraction of sp³-hybridized carbons (Fsp3) is 0.500. The van der Waals surface area contributed by atoms with Gasteiger partial charge in [0.1, 0.15) is 11.6 Å². The Balaban J connectivity index is 2.41. The molecule has 2 unspecified atom stereocenters. The molecular formula is C16H20F2S2. The Hall–Kier alpha value is -0.740. The van der Waals surface area contributed by atoms with Gasteiger partial charge in [0.25, 0.3) is 0 Å². The van der Waals surface area contributed by atoms with Crippen molar-refractivity contribution in [1.82, 2.24) is 0 Å². The van der Waals surface area contributed by atoms with Crippen LogP contribution in [0.5, 0.6) is 0 Å². The molecule has 0 saturated carbocycles. The van der Waals surface area contributed by atoms with Gasteiger partial charge in [0.05, 0.1) is 9.75 Å². The van der Waals surface area contributed by atoms with E-state index in [-0.39, 0.29) is 11.6 Å². The molecule has 0 aliphatic heterocycles. The first-order valence-corrected chi connectivity index (χ1v) is 8.69. The summed E-state index contributed by atoms with van der Waals surface area (Å²) in [6.45, 7) is 8.30. The minimum Gasteiger partial charge on any atom is -0.205 e. The van der Waals surface area contributed by atoms with Crippen molar-refractivity contribution in [2.24, 2.45) is 0 Å². The highest BCUT2D eigenvalue weighted by Gasteiger charge is 2.21. The molecule has 0 saturated heterocycles. The van der Waals surface area contributed by atoms with Crippen molar-refractivity contribution in [3.05, 3.63) is 33.5 Å². The zero-order valence-corrected chi connectivity index (χ0v) is 13.9. The zero-order chi connectivity index (χ0) is 14.9. The maximum absolute atomic E-state index is 14.1. The van der Waals surface area contributed by atoms with E-state index in [4.69, 9.17) is 0 Å². The highest BCUT2D eigenvalue weighted by molar-refractivity contribution is 7.22. The molecule has 0 bridgehead atoms. The molecule has 2 rings (SSSR count). The summed E-state index contributed by atoms with van der Waals surface area (Å²) in [4.78, 5) is 2.91. The van der Waals surface area contributed by atoms with Gasteiger partial charge in [-0.15, -0.1) is 22.7 Å². The lowest BCUT2D eigenvalue weighted by molar-refractivity contribution is 0.620. The predicted molar refractivity (Wildman–Crippen MR) is 85.0 cm³/mol. The van der Waals surface area contributed by atoms with Crippen molar-refractivity contribution < 1.29 is 8.78 Å². The molecule has 0 radical (unpaired) electrons. The SMILES string of the molecule is CCC(C)c1cc(F)c(-c2sc(C(C)CC)cc2F)s1. The highest BCUT2D eigenvalue weighted by Crippen LogP contribution is 2.42. The third-order valence-electron chi connectivity index (χ3n) is 3.81. The maximum atomic E-state index is 14.1. The van der Waals surface area contributed by atoms with Crippen molar-refractivity contribution in [3.63, 3.8) is 0 Å². The molecule has 2 aromatic rings. The van der Waals surface area contributed by atoms with Crippen molar-refractivity contribution >= 4 is 22.7 Å². The van der Waals surface area contributed by atoms with Crippen molar-refractivity contribution in [1.29, 1.82) is 0 Å². The Morgan fingerprint density at radius 3 is 1.50 bits per heavy atom. The van der Waals surface area contributed by atoms with E-state index in [9.17, 15) is 8.78 Å². The quantitative estimate of drug-likeness (QED) is 0.570. The molecule has 0 aromatic carbocycles. The fourth-order valence-corrected chi connectivity index (χ4v) is 4.45. The standard InChI is InChI=1S/C16H20F2S2/c1-5-9(3)13-7-11(17)15(19-13)16-12(18)8-14(20-16)10(4)6-2/h7-10H,5-6H2,1-4H3. The van der Waals surface area contributed by atoms with Crippen molar-refractivity contribution in [3.8, 4) is 9.75 Å². The van der Waals surface area contributed by atoms with Gasteiger partial charge >= 0.3 is 0 Å². The van der Waals surface area contributed by atoms with Crippen LogP contribution < -0.4 is 0 Å². The van der Waals surface area contributed by atoms with Crippen LogP contribution in [0.15, 0.2) is 12.1 Å². The summed E-state index contributed by atoms with van der Waals surface area (Å²) in [5.41, 5.74) is 0. The number of hydrogen-bond acceptors (Lipinski definition) is 2. The molecule has 110 valence electrons. The van der Waals surface area contributed by atoms with E-state index in [0.717, 1.165) is 22.6 Å². The lowest BCUT2D eigenvalue weighted by Gasteiger charge is -2.03. The number of rotatable bonds is 5. The van der Waals surface area contributed by atoms with Crippen molar-refractivity contribution in [2.45, 2.75) is 52.4 Å². The van der Waals surface area contributed by atoms with Gasteiger partial charge in [-0.05, 0) is 36.8 Å². The van der Waals surface area contributed by atoms with Gasteiger partial charge in [-0.3, -0.25) is 0 Å². The van der Waals surface area contributed by atoms with Gasteiger partial charge in [0.2, 0.25) is 0 Å². The van der Waals surface area contributed by atoms with Crippen LogP contribution in [0.4, 0.5) is 8.78 Å². The molecule has 20 heavy (non-hydrogen) atoms. The van der Waals surface area contributed by atoms with Gasteiger partial charge in [-0.2, -0.15) is 0 Å². The summed E-state index contributed by atoms with van der Waals surface area (Å²) in [6, 6.07) is 3.13. The summed E-state index contributed by atoms with van der Waals surface area (Å²) in [5.74, 6) is 0.0594. The predicted octanol–water partition coefficient (Wildman–Crippen LogP) is 6.78. The number of thiophene rings is 2. The van der Waals surface area contributed by atoms with Crippen LogP contribution in [0.3, 0.4) is 0 Å². The molecule has 0 amide bonds. The van der Waals surface area contributed by atoms with Gasteiger partial charge in [-0.1, -0.05) is 27.7 Å². The normalized spacial score (nSPS) is 14.5. The molecule has 4 heteroatoms. The van der Waals surface area contributed by atoms with Crippen LogP contribution in [0.2, 0.25) is 0 Å². The Kier molecular flexibility index (Phi) is 4.97. The van der Waals surface area contributed by atoms with Gasteiger partial charge in [0, 0.05) is 9.75 Å². The van der Waals surface area contributed by atoms with Crippen LogP contribution in [0.1, 0.15) is 62.1 Å². The van der Waals surface area contributed by atoms with Crippen LogP contribution in [0, 0.1) is 11.6 Å². The van der Waals surface area contributed by atoms with E-state index in [1.807, 2.05) is 0 Å². The minimum atomic E-state index is -0.290. The first kappa shape index (κ1) is 15.6. The first-order valence-electron chi connectivity index (χ1n) is 7.06. The minimum absolute atomic E-state index is 0.290. The molecule has 0 aliphatic rings. The van der Waals surface area contributed by atoms with Crippen LogP contribution in [-0.2, 0) is 0 Å². The fourth-order valence-electron chi connectivity index (χ4n) is 1.97. The monoisotopic (exact) mass is 314 g/mol. The van der Waals surface area contributed by atoms with Gasteiger partial charge in [-0.25, -0.2) is 8.78 Å². The number of hydrogen-bond donors (Lipinski definition) is 0. The smallest absolute Gasteiger partial charge is 0.143 e. The Bertz CT molecular complexity index is 531. The average molecular weight is 314 g/mol. The van der Waals surface area contributed by atoms with Crippen LogP contribution in [-0.4, -0.2) is 0 Å². The van der Waals surface area contributed by atoms with E-state index in [0.29, 0.717) is 21.6 Å². The number of halogens is 2. The molecule has 0 spiro atoms. The second-order valence-electron chi connectivity index (χ2n) is 5.27. The summed E-state index contributed by atoms with van der Waals surface area (Å²) in [6.07, 6.45) is 1.93. The molecular weight excluding hydrogens is 294 g/mol. The largest absolute Gasteiger partial charge is 0.205 e. The second kappa shape index (κ2) is 6.35. The van der Waals surface area contributed by atoms with Crippen LogP contribution >= 0.6 is 22.7 Å².